The normalized spacial score (nSPS) is 10.9. The van der Waals surface area contributed by atoms with Crippen molar-refractivity contribution >= 4 is 17.4 Å². The molecule has 0 radical (unpaired) electrons. The lowest BCUT2D eigenvalue weighted by Crippen LogP contribution is -2.41. The van der Waals surface area contributed by atoms with Gasteiger partial charge in [0.1, 0.15) is 17.3 Å². The van der Waals surface area contributed by atoms with Gasteiger partial charge in [-0.3, -0.25) is 24.0 Å². The molecule has 3 N–H and O–H groups in total. The zero-order valence-corrected chi connectivity index (χ0v) is 17.4. The molecule has 0 aliphatic rings. The van der Waals surface area contributed by atoms with E-state index in [1.807, 2.05) is 13.8 Å². The minimum absolute atomic E-state index is 0.0927. The van der Waals surface area contributed by atoms with E-state index in [0.717, 1.165) is 6.42 Å². The Morgan fingerprint density at radius 2 is 2.03 bits per heavy atom. The second kappa shape index (κ2) is 9.41. The molecule has 10 heteroatoms. The first-order chi connectivity index (χ1) is 14.9. The molecule has 3 aromatic rings. The highest BCUT2D eigenvalue weighted by molar-refractivity contribution is 6.05. The lowest BCUT2D eigenvalue weighted by Gasteiger charge is -2.23. The van der Waals surface area contributed by atoms with Gasteiger partial charge < -0.3 is 10.3 Å². The summed E-state index contributed by atoms with van der Waals surface area (Å²) in [5.41, 5.74) is 5.34. The second-order valence-corrected chi connectivity index (χ2v) is 7.04. The summed E-state index contributed by atoms with van der Waals surface area (Å²) in [4.78, 5) is 41.4. The SMILES string of the molecule is CCCCN(C(=O)c1cc(-c2cccc(F)c2)no1)c1c(N)n(CCC)c(=O)[nH]c1=O. The van der Waals surface area contributed by atoms with Crippen molar-refractivity contribution in [3.8, 4) is 11.3 Å². The Hall–Kier alpha value is -3.69. The molecule has 9 nitrogen and oxygen atoms in total. The first-order valence-corrected chi connectivity index (χ1v) is 10.0. The van der Waals surface area contributed by atoms with E-state index in [1.54, 1.807) is 6.07 Å². The predicted molar refractivity (Wildman–Crippen MR) is 115 cm³/mol. The number of nitrogens with zero attached hydrogens (tertiary/aromatic N) is 3. The van der Waals surface area contributed by atoms with E-state index < -0.39 is 23.0 Å². The number of hydrogen-bond donors (Lipinski definition) is 2. The number of rotatable bonds is 8. The summed E-state index contributed by atoms with van der Waals surface area (Å²) < 4.78 is 19.9. The molecule has 0 aliphatic heterocycles. The van der Waals surface area contributed by atoms with Crippen LogP contribution in [0.15, 0.2) is 44.4 Å². The van der Waals surface area contributed by atoms with Crippen molar-refractivity contribution < 1.29 is 13.7 Å². The monoisotopic (exact) mass is 429 g/mol. The molecule has 0 atom stereocenters. The summed E-state index contributed by atoms with van der Waals surface area (Å²) in [7, 11) is 0. The van der Waals surface area contributed by atoms with Crippen LogP contribution in [-0.4, -0.2) is 27.2 Å². The molecule has 0 spiro atoms. The van der Waals surface area contributed by atoms with E-state index in [2.05, 4.69) is 10.1 Å². The standard InChI is InChI=1S/C21H24FN5O4/c1-3-5-10-26(17-18(23)27(9-4-2)21(30)24-19(17)28)20(29)16-12-15(25-31-16)13-7-6-8-14(22)11-13/h6-8,11-12H,3-5,9-10,23H2,1-2H3,(H,24,28,30). The average molecular weight is 429 g/mol. The van der Waals surface area contributed by atoms with Crippen LogP contribution in [0.25, 0.3) is 11.3 Å². The summed E-state index contributed by atoms with van der Waals surface area (Å²) in [5, 5.41) is 3.85. The number of H-pyrrole nitrogens is 1. The second-order valence-electron chi connectivity index (χ2n) is 7.04. The van der Waals surface area contributed by atoms with Crippen LogP contribution in [0.4, 0.5) is 15.9 Å². The fourth-order valence-electron chi connectivity index (χ4n) is 3.21. The fourth-order valence-corrected chi connectivity index (χ4v) is 3.21. The van der Waals surface area contributed by atoms with Gasteiger partial charge in [-0.15, -0.1) is 0 Å². The van der Waals surface area contributed by atoms with Gasteiger partial charge in [-0.25, -0.2) is 9.18 Å². The zero-order chi connectivity index (χ0) is 22.5. The fraction of sp³-hybridized carbons (Fsp3) is 0.333. The van der Waals surface area contributed by atoms with Crippen LogP contribution in [0.2, 0.25) is 0 Å². The molecule has 1 amide bonds. The van der Waals surface area contributed by atoms with Crippen LogP contribution in [0.3, 0.4) is 0 Å². The lowest BCUT2D eigenvalue weighted by molar-refractivity contribution is 0.0950. The molecule has 0 saturated heterocycles. The van der Waals surface area contributed by atoms with Gasteiger partial charge >= 0.3 is 5.69 Å². The summed E-state index contributed by atoms with van der Waals surface area (Å²) in [5.74, 6) is -1.31. The third-order valence-corrected chi connectivity index (χ3v) is 4.75. The highest BCUT2D eigenvalue weighted by Crippen LogP contribution is 2.24. The number of halogens is 1. The molecule has 0 saturated carbocycles. The molecule has 1 aromatic carbocycles. The van der Waals surface area contributed by atoms with Gasteiger partial charge in [0.05, 0.1) is 0 Å². The maximum absolute atomic E-state index is 13.5. The third kappa shape index (κ3) is 4.57. The van der Waals surface area contributed by atoms with Crippen LogP contribution < -0.4 is 21.9 Å². The molecule has 0 unspecified atom stereocenters. The first-order valence-electron chi connectivity index (χ1n) is 10.0. The Balaban J connectivity index is 2.05. The number of unbranched alkanes of at least 4 members (excludes halogenated alkanes) is 1. The first kappa shape index (κ1) is 22.0. The Labute approximate surface area is 177 Å². The van der Waals surface area contributed by atoms with E-state index in [4.69, 9.17) is 10.3 Å². The number of nitrogens with two attached hydrogens (primary N) is 1. The number of benzene rings is 1. The van der Waals surface area contributed by atoms with Gasteiger partial charge in [0, 0.05) is 24.7 Å². The van der Waals surface area contributed by atoms with Crippen molar-refractivity contribution in [2.24, 2.45) is 0 Å². The van der Waals surface area contributed by atoms with Gasteiger partial charge in [0.15, 0.2) is 5.69 Å². The number of anilines is 2. The zero-order valence-electron chi connectivity index (χ0n) is 17.4. The molecular weight excluding hydrogens is 405 g/mol. The molecule has 31 heavy (non-hydrogen) atoms. The topological polar surface area (TPSA) is 127 Å². The Bertz CT molecular complexity index is 1200. The van der Waals surface area contributed by atoms with Crippen molar-refractivity contribution in [1.29, 1.82) is 0 Å². The van der Waals surface area contributed by atoms with Gasteiger partial charge in [-0.2, -0.15) is 0 Å². The highest BCUT2D eigenvalue weighted by atomic mass is 19.1. The number of amides is 1. The molecule has 0 bridgehead atoms. The largest absolute Gasteiger partial charge is 0.383 e. The Morgan fingerprint density at radius 1 is 1.26 bits per heavy atom. The Morgan fingerprint density at radius 3 is 2.71 bits per heavy atom. The third-order valence-electron chi connectivity index (χ3n) is 4.75. The quantitative estimate of drug-likeness (QED) is 0.567. The lowest BCUT2D eigenvalue weighted by atomic mass is 10.1. The van der Waals surface area contributed by atoms with Gasteiger partial charge in [0.2, 0.25) is 5.76 Å². The number of aromatic nitrogens is 3. The highest BCUT2D eigenvalue weighted by Gasteiger charge is 2.27. The summed E-state index contributed by atoms with van der Waals surface area (Å²) >= 11 is 0. The smallest absolute Gasteiger partial charge is 0.330 e. The Kier molecular flexibility index (Phi) is 6.68. The van der Waals surface area contributed by atoms with Crippen LogP contribution in [0.5, 0.6) is 0 Å². The number of nitrogen functional groups attached to an aromatic ring is 1. The summed E-state index contributed by atoms with van der Waals surface area (Å²) in [6.07, 6.45) is 1.95. The number of hydrogen-bond acceptors (Lipinski definition) is 6. The molecular formula is C21H24FN5O4. The van der Waals surface area contributed by atoms with Crippen LogP contribution in [0.1, 0.15) is 43.7 Å². The molecule has 164 valence electrons. The minimum atomic E-state index is -0.760. The number of nitrogens with one attached hydrogen (secondary N) is 1. The van der Waals surface area contributed by atoms with Crippen molar-refractivity contribution in [1.82, 2.24) is 14.7 Å². The van der Waals surface area contributed by atoms with Gasteiger partial charge in [0.25, 0.3) is 11.5 Å². The molecule has 2 heterocycles. The maximum Gasteiger partial charge on any atom is 0.330 e. The van der Waals surface area contributed by atoms with Crippen LogP contribution in [-0.2, 0) is 6.54 Å². The molecule has 0 fully saturated rings. The summed E-state index contributed by atoms with van der Waals surface area (Å²) in [6, 6.07) is 7.09. The predicted octanol–water partition coefficient (Wildman–Crippen LogP) is 2.77. The van der Waals surface area contributed by atoms with Gasteiger partial charge in [-0.1, -0.05) is 37.6 Å². The maximum atomic E-state index is 13.5. The van der Waals surface area contributed by atoms with Crippen molar-refractivity contribution in [2.75, 3.05) is 17.2 Å². The van der Waals surface area contributed by atoms with E-state index >= 15 is 0 Å². The van der Waals surface area contributed by atoms with Crippen molar-refractivity contribution in [3.63, 3.8) is 0 Å². The van der Waals surface area contributed by atoms with Gasteiger partial charge in [-0.05, 0) is 25.0 Å². The van der Waals surface area contributed by atoms with E-state index in [1.165, 1.54) is 33.7 Å². The minimum Gasteiger partial charge on any atom is -0.383 e. The van der Waals surface area contributed by atoms with Crippen molar-refractivity contribution in [2.45, 2.75) is 39.7 Å². The van der Waals surface area contributed by atoms with E-state index in [9.17, 15) is 18.8 Å². The van der Waals surface area contributed by atoms with Crippen molar-refractivity contribution in [3.05, 3.63) is 62.7 Å². The molecule has 0 aliphatic carbocycles. The number of carbonyl (C=O) groups excluding carboxylic acids is 1. The van der Waals surface area contributed by atoms with Crippen LogP contribution in [0, 0.1) is 5.82 Å². The number of carbonyl (C=O) groups is 1. The van der Waals surface area contributed by atoms with E-state index in [-0.39, 0.29) is 36.0 Å². The van der Waals surface area contributed by atoms with E-state index in [0.29, 0.717) is 18.4 Å². The summed E-state index contributed by atoms with van der Waals surface area (Å²) in [6.45, 7) is 4.27. The number of aromatic amines is 1. The average Bonchev–Trinajstić information content (AvgIpc) is 3.23. The molecule has 2 aromatic heterocycles. The molecule has 3 rings (SSSR count). The van der Waals surface area contributed by atoms with Crippen LogP contribution >= 0.6 is 0 Å².